The van der Waals surface area contributed by atoms with Crippen molar-refractivity contribution in [1.82, 2.24) is 4.90 Å². The Morgan fingerprint density at radius 1 is 1.22 bits per heavy atom. The Hall–Kier alpha value is -1.58. The van der Waals surface area contributed by atoms with E-state index in [1.165, 1.54) is 11.1 Å². The van der Waals surface area contributed by atoms with E-state index in [2.05, 4.69) is 36.2 Å². The molecule has 1 aromatic heterocycles. The molecule has 0 saturated heterocycles. The Labute approximate surface area is 107 Å². The monoisotopic (exact) mass is 242 g/mol. The summed E-state index contributed by atoms with van der Waals surface area (Å²) in [5.41, 5.74) is 8.84. The first-order valence-electron chi connectivity index (χ1n) is 6.32. The average Bonchev–Trinajstić information content (AvgIpc) is 2.98. The molecule has 2 atom stereocenters. The molecule has 0 saturated carbocycles. The van der Waals surface area contributed by atoms with E-state index in [4.69, 9.17) is 10.2 Å². The van der Waals surface area contributed by atoms with Gasteiger partial charge in [0.1, 0.15) is 5.76 Å². The van der Waals surface area contributed by atoms with Crippen LogP contribution in [0.25, 0.3) is 0 Å². The molecule has 2 N–H and O–H groups in total. The van der Waals surface area contributed by atoms with Crippen molar-refractivity contribution in [2.75, 3.05) is 7.05 Å². The Morgan fingerprint density at radius 3 is 2.72 bits per heavy atom. The number of nitrogens with zero attached hydrogens (tertiary/aromatic N) is 1. The minimum atomic E-state index is 0.158. The molecule has 0 spiro atoms. The molecule has 0 amide bonds. The average molecular weight is 242 g/mol. The summed E-state index contributed by atoms with van der Waals surface area (Å²) in [6.07, 6.45) is 2.70. The predicted molar refractivity (Wildman–Crippen MR) is 70.9 cm³/mol. The molecular weight excluding hydrogens is 224 g/mol. The maximum Gasteiger partial charge on any atom is 0.117 e. The first kappa shape index (κ1) is 11.5. The zero-order valence-corrected chi connectivity index (χ0v) is 10.5. The van der Waals surface area contributed by atoms with Gasteiger partial charge >= 0.3 is 0 Å². The first-order chi connectivity index (χ1) is 8.75. The predicted octanol–water partition coefficient (Wildman–Crippen LogP) is 2.86. The Morgan fingerprint density at radius 2 is 2.00 bits per heavy atom. The normalized spacial score (nSPS) is 22.4. The Kier molecular flexibility index (Phi) is 2.94. The first-order valence-corrected chi connectivity index (χ1v) is 6.32. The van der Waals surface area contributed by atoms with Gasteiger partial charge in [0, 0.05) is 12.1 Å². The smallest absolute Gasteiger partial charge is 0.117 e. The van der Waals surface area contributed by atoms with Crippen LogP contribution in [0.3, 0.4) is 0 Å². The zero-order chi connectivity index (χ0) is 12.5. The largest absolute Gasteiger partial charge is 0.468 e. The number of nitrogens with two attached hydrogens (primary N) is 1. The van der Waals surface area contributed by atoms with Crippen LogP contribution in [-0.4, -0.2) is 11.9 Å². The summed E-state index contributed by atoms with van der Waals surface area (Å²) in [6.45, 7) is 0.818. The van der Waals surface area contributed by atoms with Crippen molar-refractivity contribution >= 4 is 0 Å². The van der Waals surface area contributed by atoms with Gasteiger partial charge in [-0.05, 0) is 36.7 Å². The van der Waals surface area contributed by atoms with Gasteiger partial charge in [-0.15, -0.1) is 0 Å². The molecule has 18 heavy (non-hydrogen) atoms. The van der Waals surface area contributed by atoms with Crippen LogP contribution in [0.1, 0.15) is 35.4 Å². The van der Waals surface area contributed by atoms with Gasteiger partial charge in [0.15, 0.2) is 0 Å². The summed E-state index contributed by atoms with van der Waals surface area (Å²) in [7, 11) is 2.13. The molecule has 1 heterocycles. The van der Waals surface area contributed by atoms with Crippen molar-refractivity contribution in [3.63, 3.8) is 0 Å². The van der Waals surface area contributed by atoms with Crippen molar-refractivity contribution in [3.8, 4) is 0 Å². The zero-order valence-electron chi connectivity index (χ0n) is 10.5. The van der Waals surface area contributed by atoms with Crippen molar-refractivity contribution < 1.29 is 4.42 Å². The third-order valence-corrected chi connectivity index (χ3v) is 3.75. The molecule has 94 valence electrons. The number of hydrogen-bond donors (Lipinski definition) is 1. The molecule has 2 unspecified atom stereocenters. The molecule has 1 aliphatic carbocycles. The lowest BCUT2D eigenvalue weighted by atomic mass is 10.1. The summed E-state index contributed by atoms with van der Waals surface area (Å²) in [4.78, 5) is 2.31. The minimum absolute atomic E-state index is 0.158. The van der Waals surface area contributed by atoms with Crippen LogP contribution in [0.4, 0.5) is 0 Å². The van der Waals surface area contributed by atoms with Crippen LogP contribution >= 0.6 is 0 Å². The quantitative estimate of drug-likeness (QED) is 0.900. The molecular formula is C15H18N2O. The number of furan rings is 1. The van der Waals surface area contributed by atoms with Gasteiger partial charge in [-0.3, -0.25) is 4.90 Å². The van der Waals surface area contributed by atoms with Gasteiger partial charge < -0.3 is 10.2 Å². The summed E-state index contributed by atoms with van der Waals surface area (Å²) >= 11 is 0. The van der Waals surface area contributed by atoms with E-state index < -0.39 is 0 Å². The van der Waals surface area contributed by atoms with Crippen molar-refractivity contribution in [1.29, 1.82) is 0 Å². The van der Waals surface area contributed by atoms with Crippen molar-refractivity contribution in [2.45, 2.75) is 25.0 Å². The summed E-state index contributed by atoms with van der Waals surface area (Å²) in [5.74, 6) is 0.996. The fourth-order valence-corrected chi connectivity index (χ4v) is 2.82. The van der Waals surface area contributed by atoms with Crippen LogP contribution in [0.5, 0.6) is 0 Å². The molecule has 0 bridgehead atoms. The molecule has 1 aliphatic rings. The van der Waals surface area contributed by atoms with Gasteiger partial charge in [-0.2, -0.15) is 0 Å². The minimum Gasteiger partial charge on any atom is -0.468 e. The highest BCUT2D eigenvalue weighted by molar-refractivity contribution is 5.37. The number of hydrogen-bond acceptors (Lipinski definition) is 3. The molecule has 3 heteroatoms. The topological polar surface area (TPSA) is 42.4 Å². The second kappa shape index (κ2) is 4.59. The van der Waals surface area contributed by atoms with E-state index in [0.29, 0.717) is 6.04 Å². The molecule has 0 radical (unpaired) electrons. The third-order valence-electron chi connectivity index (χ3n) is 3.75. The van der Waals surface area contributed by atoms with Crippen LogP contribution in [0.15, 0.2) is 47.1 Å². The number of fused-ring (bicyclic) bond motifs is 1. The maximum atomic E-state index is 6.20. The lowest BCUT2D eigenvalue weighted by molar-refractivity contribution is 0.212. The van der Waals surface area contributed by atoms with E-state index in [1.807, 2.05) is 12.1 Å². The van der Waals surface area contributed by atoms with E-state index in [-0.39, 0.29) is 6.04 Å². The van der Waals surface area contributed by atoms with E-state index in [1.54, 1.807) is 6.26 Å². The second-order valence-electron chi connectivity index (χ2n) is 4.98. The summed E-state index contributed by atoms with van der Waals surface area (Å²) < 4.78 is 5.41. The van der Waals surface area contributed by atoms with Crippen LogP contribution in [0, 0.1) is 0 Å². The number of benzene rings is 1. The van der Waals surface area contributed by atoms with Gasteiger partial charge in [0.05, 0.1) is 12.8 Å². The third kappa shape index (κ3) is 1.96. The Balaban J connectivity index is 1.82. The standard InChI is InChI=1S/C15H18N2O/c1-17(10-11-5-4-8-18-11)15-9-14(16)12-6-2-3-7-13(12)15/h2-8,14-15H,9-10,16H2,1H3. The molecule has 0 aliphatic heterocycles. The SMILES string of the molecule is CN(Cc1ccco1)C1CC(N)c2ccccc21. The van der Waals surface area contributed by atoms with E-state index >= 15 is 0 Å². The molecule has 3 rings (SSSR count). The van der Waals surface area contributed by atoms with Crippen LogP contribution in [-0.2, 0) is 6.54 Å². The highest BCUT2D eigenvalue weighted by atomic mass is 16.3. The lowest BCUT2D eigenvalue weighted by Crippen LogP contribution is -2.22. The molecule has 1 aromatic carbocycles. The number of rotatable bonds is 3. The van der Waals surface area contributed by atoms with E-state index in [9.17, 15) is 0 Å². The second-order valence-corrected chi connectivity index (χ2v) is 4.98. The summed E-state index contributed by atoms with van der Waals surface area (Å²) in [6, 6.07) is 13.0. The van der Waals surface area contributed by atoms with Crippen LogP contribution < -0.4 is 5.73 Å². The van der Waals surface area contributed by atoms with Gasteiger partial charge in [0.25, 0.3) is 0 Å². The lowest BCUT2D eigenvalue weighted by Gasteiger charge is -2.24. The molecule has 3 nitrogen and oxygen atoms in total. The van der Waals surface area contributed by atoms with Crippen molar-refractivity contribution in [2.24, 2.45) is 5.73 Å². The van der Waals surface area contributed by atoms with Gasteiger partial charge in [0.2, 0.25) is 0 Å². The van der Waals surface area contributed by atoms with Crippen molar-refractivity contribution in [3.05, 3.63) is 59.5 Å². The highest BCUT2D eigenvalue weighted by Crippen LogP contribution is 2.40. The highest BCUT2D eigenvalue weighted by Gasteiger charge is 2.30. The van der Waals surface area contributed by atoms with E-state index in [0.717, 1.165) is 18.7 Å². The molecule has 0 fully saturated rings. The Bertz CT molecular complexity index is 521. The van der Waals surface area contributed by atoms with Gasteiger partial charge in [-0.25, -0.2) is 0 Å². The summed E-state index contributed by atoms with van der Waals surface area (Å²) in [5, 5.41) is 0. The van der Waals surface area contributed by atoms with Gasteiger partial charge in [-0.1, -0.05) is 24.3 Å². The fourth-order valence-electron chi connectivity index (χ4n) is 2.82. The molecule has 2 aromatic rings. The van der Waals surface area contributed by atoms with Crippen LogP contribution in [0.2, 0.25) is 0 Å². The fraction of sp³-hybridized carbons (Fsp3) is 0.333. The maximum absolute atomic E-state index is 6.20.